The van der Waals surface area contributed by atoms with Gasteiger partial charge in [-0.1, -0.05) is 68.9 Å². The van der Waals surface area contributed by atoms with E-state index >= 15 is 0 Å². The number of rotatable bonds is 9. The molecule has 0 aliphatic carbocycles. The Morgan fingerprint density at radius 2 is 1.81 bits per heavy atom. The van der Waals surface area contributed by atoms with Crippen LogP contribution in [0, 0.1) is 6.92 Å². The van der Waals surface area contributed by atoms with Crippen molar-refractivity contribution >= 4 is 28.6 Å². The maximum absolute atomic E-state index is 13.0. The van der Waals surface area contributed by atoms with Crippen molar-refractivity contribution in [2.45, 2.75) is 71.7 Å². The molecule has 1 aliphatic rings. The van der Waals surface area contributed by atoms with E-state index in [0.717, 1.165) is 40.6 Å². The molecular formula is C35H39F3N6O2S. The van der Waals surface area contributed by atoms with Crippen LogP contribution in [0.25, 0.3) is 17.1 Å². The van der Waals surface area contributed by atoms with Crippen LogP contribution in [0.1, 0.15) is 69.1 Å². The molecular weight excluding hydrogens is 625 g/mol. The first-order valence-corrected chi connectivity index (χ1v) is 16.6. The molecule has 47 heavy (non-hydrogen) atoms. The van der Waals surface area contributed by atoms with Crippen molar-refractivity contribution in [2.75, 3.05) is 17.2 Å². The minimum absolute atomic E-state index is 0.182. The summed E-state index contributed by atoms with van der Waals surface area (Å²) >= 11 is 1.62. The summed E-state index contributed by atoms with van der Waals surface area (Å²) in [5.74, 6) is 1.63. The summed E-state index contributed by atoms with van der Waals surface area (Å²) in [7, 11) is 0. The van der Waals surface area contributed by atoms with E-state index in [0.29, 0.717) is 24.0 Å². The number of halogens is 3. The van der Waals surface area contributed by atoms with E-state index in [4.69, 9.17) is 0 Å². The monoisotopic (exact) mass is 664 g/mol. The van der Waals surface area contributed by atoms with Gasteiger partial charge in [0, 0.05) is 29.6 Å². The van der Waals surface area contributed by atoms with Crippen molar-refractivity contribution in [3.63, 3.8) is 0 Å². The maximum atomic E-state index is 13.0. The lowest BCUT2D eigenvalue weighted by Gasteiger charge is -2.37. The van der Waals surface area contributed by atoms with E-state index in [1.807, 2.05) is 24.3 Å². The quantitative estimate of drug-likeness (QED) is 0.193. The molecule has 5 rings (SSSR count). The molecule has 1 saturated heterocycles. The number of aromatic nitrogens is 3. The Bertz CT molecular complexity index is 1700. The number of amides is 2. The standard InChI is InChI=1S/C35H39F3N6O2S/c1-22(2)31-24(4)7-6-8-30(31)44-25(5)18-20-47-34(44)41-33(45)39-19-17-23(3)26-9-11-27(12-10-26)32-40-21-43(42-32)28-13-15-29(16-14-28)46-35(36,37)38/h6-16,21-23,25H,17-20H2,1-5H3,(H,39,45). The van der Waals surface area contributed by atoms with Crippen LogP contribution in [0.5, 0.6) is 5.75 Å². The van der Waals surface area contributed by atoms with Crippen molar-refractivity contribution in [3.05, 3.63) is 89.7 Å². The number of thioether (sulfide) groups is 1. The molecule has 2 unspecified atom stereocenters. The molecule has 0 spiro atoms. The molecule has 0 bridgehead atoms. The largest absolute Gasteiger partial charge is 0.573 e. The van der Waals surface area contributed by atoms with Crippen LogP contribution < -0.4 is 15.0 Å². The van der Waals surface area contributed by atoms with Gasteiger partial charge in [0.25, 0.3) is 0 Å². The molecule has 1 fully saturated rings. The van der Waals surface area contributed by atoms with Crippen LogP contribution in [0.4, 0.5) is 23.7 Å². The molecule has 1 aromatic heterocycles. The van der Waals surface area contributed by atoms with Crippen LogP contribution in [0.3, 0.4) is 0 Å². The summed E-state index contributed by atoms with van der Waals surface area (Å²) < 4.78 is 42.7. The molecule has 2 amide bonds. The van der Waals surface area contributed by atoms with Gasteiger partial charge < -0.3 is 15.0 Å². The van der Waals surface area contributed by atoms with Gasteiger partial charge in [0.2, 0.25) is 0 Å². The molecule has 0 saturated carbocycles. The smallest absolute Gasteiger partial charge is 0.406 e. The van der Waals surface area contributed by atoms with Crippen LogP contribution in [0.2, 0.25) is 0 Å². The van der Waals surface area contributed by atoms with E-state index in [2.05, 4.69) is 82.8 Å². The molecule has 248 valence electrons. The predicted molar refractivity (Wildman–Crippen MR) is 182 cm³/mol. The fourth-order valence-corrected chi connectivity index (χ4v) is 6.94. The van der Waals surface area contributed by atoms with Gasteiger partial charge in [0.05, 0.1) is 5.69 Å². The molecule has 4 aromatic rings. The number of nitrogens with zero attached hydrogens (tertiary/aromatic N) is 5. The van der Waals surface area contributed by atoms with Gasteiger partial charge in [-0.05, 0) is 85.5 Å². The molecule has 12 heteroatoms. The second-order valence-corrected chi connectivity index (χ2v) is 13.1. The molecule has 2 heterocycles. The topological polar surface area (TPSA) is 84.6 Å². The number of benzene rings is 3. The van der Waals surface area contributed by atoms with Crippen LogP contribution >= 0.6 is 11.8 Å². The number of amidine groups is 1. The van der Waals surface area contributed by atoms with Crippen molar-refractivity contribution in [2.24, 2.45) is 4.99 Å². The number of aryl methyl sites for hydroxylation is 1. The zero-order valence-corrected chi connectivity index (χ0v) is 27.9. The number of hydrogen-bond acceptors (Lipinski definition) is 5. The van der Waals surface area contributed by atoms with Gasteiger partial charge in [-0.25, -0.2) is 14.5 Å². The number of hydrogen-bond donors (Lipinski definition) is 1. The SMILES string of the molecule is Cc1cccc(N2C(=NC(=O)NCCC(C)c3ccc(-c4ncn(-c5ccc(OC(F)(F)F)cc5)n4)cc3)SCCC2C)c1C(C)C. The maximum Gasteiger partial charge on any atom is 0.573 e. The highest BCUT2D eigenvalue weighted by atomic mass is 32.2. The number of nitrogens with one attached hydrogen (secondary N) is 1. The van der Waals surface area contributed by atoms with Crippen LogP contribution in [-0.4, -0.2) is 50.7 Å². The van der Waals surface area contributed by atoms with E-state index in [9.17, 15) is 18.0 Å². The summed E-state index contributed by atoms with van der Waals surface area (Å²) in [6, 6.07) is 19.5. The lowest BCUT2D eigenvalue weighted by molar-refractivity contribution is -0.274. The van der Waals surface area contributed by atoms with E-state index in [1.54, 1.807) is 11.8 Å². The predicted octanol–water partition coefficient (Wildman–Crippen LogP) is 8.86. The van der Waals surface area contributed by atoms with Crippen molar-refractivity contribution in [3.8, 4) is 22.8 Å². The average Bonchev–Trinajstić information content (AvgIpc) is 3.51. The molecule has 8 nitrogen and oxygen atoms in total. The average molecular weight is 665 g/mol. The molecule has 1 N–H and O–H groups in total. The lowest BCUT2D eigenvalue weighted by Crippen LogP contribution is -2.43. The first-order chi connectivity index (χ1) is 22.4. The number of ether oxygens (including phenoxy) is 1. The summed E-state index contributed by atoms with van der Waals surface area (Å²) in [6.45, 7) is 11.3. The third-order valence-corrected chi connectivity index (χ3v) is 9.15. The third-order valence-electron chi connectivity index (χ3n) is 8.17. The Kier molecular flexibility index (Phi) is 10.6. The number of carbonyl (C=O) groups excluding carboxylic acids is 1. The zero-order chi connectivity index (χ0) is 33.7. The van der Waals surface area contributed by atoms with Gasteiger partial charge in [0.15, 0.2) is 11.0 Å². The molecule has 0 radical (unpaired) electrons. The summed E-state index contributed by atoms with van der Waals surface area (Å²) in [5, 5.41) is 8.19. The van der Waals surface area contributed by atoms with Gasteiger partial charge in [0.1, 0.15) is 12.1 Å². The van der Waals surface area contributed by atoms with E-state index in [-0.39, 0.29) is 23.7 Å². The van der Waals surface area contributed by atoms with E-state index < -0.39 is 6.36 Å². The Balaban J connectivity index is 1.17. The Labute approximate surface area is 277 Å². The lowest BCUT2D eigenvalue weighted by atomic mass is 9.95. The summed E-state index contributed by atoms with van der Waals surface area (Å²) in [4.78, 5) is 24.1. The normalized spacial score (nSPS) is 16.8. The van der Waals surface area contributed by atoms with Gasteiger partial charge in [-0.3, -0.25) is 0 Å². The number of alkyl halides is 3. The number of carbonyl (C=O) groups is 1. The van der Waals surface area contributed by atoms with Gasteiger partial charge >= 0.3 is 12.4 Å². The number of anilines is 1. The Morgan fingerprint density at radius 3 is 2.49 bits per heavy atom. The van der Waals surface area contributed by atoms with Gasteiger partial charge in [-0.2, -0.15) is 4.99 Å². The Morgan fingerprint density at radius 1 is 1.09 bits per heavy atom. The molecule has 3 aromatic carbocycles. The van der Waals surface area contributed by atoms with Crippen molar-refractivity contribution in [1.29, 1.82) is 0 Å². The first-order valence-electron chi connectivity index (χ1n) is 15.7. The highest BCUT2D eigenvalue weighted by molar-refractivity contribution is 8.14. The van der Waals surface area contributed by atoms with Crippen LogP contribution in [0.15, 0.2) is 78.0 Å². The van der Waals surface area contributed by atoms with Crippen molar-refractivity contribution in [1.82, 2.24) is 20.1 Å². The second kappa shape index (κ2) is 14.6. The zero-order valence-electron chi connectivity index (χ0n) is 27.1. The summed E-state index contributed by atoms with van der Waals surface area (Å²) in [6.07, 6.45) is -1.49. The summed E-state index contributed by atoms with van der Waals surface area (Å²) in [5.41, 5.74) is 6.11. The van der Waals surface area contributed by atoms with E-state index in [1.165, 1.54) is 46.4 Å². The number of urea groups is 1. The minimum Gasteiger partial charge on any atom is -0.406 e. The Hall–Kier alpha value is -4.32. The fourth-order valence-electron chi connectivity index (χ4n) is 5.73. The molecule has 2 atom stereocenters. The second-order valence-electron chi connectivity index (χ2n) is 12.0. The van der Waals surface area contributed by atoms with Gasteiger partial charge in [-0.15, -0.1) is 18.3 Å². The van der Waals surface area contributed by atoms with Crippen LogP contribution in [-0.2, 0) is 0 Å². The highest BCUT2D eigenvalue weighted by Crippen LogP contribution is 2.36. The minimum atomic E-state index is -4.75. The fraction of sp³-hybridized carbons (Fsp3) is 0.371. The number of aliphatic imine (C=N–C) groups is 1. The first kappa shape index (κ1) is 34.0. The van der Waals surface area contributed by atoms with Crippen molar-refractivity contribution < 1.29 is 22.7 Å². The highest BCUT2D eigenvalue weighted by Gasteiger charge is 2.31. The third kappa shape index (κ3) is 8.54. The molecule has 1 aliphatic heterocycles.